The third-order valence-electron chi connectivity index (χ3n) is 4.29. The van der Waals surface area contributed by atoms with E-state index in [0.29, 0.717) is 24.2 Å². The van der Waals surface area contributed by atoms with Crippen LogP contribution < -0.4 is 5.73 Å². The van der Waals surface area contributed by atoms with Crippen LogP contribution in [-0.2, 0) is 6.42 Å². The number of hydrogen-bond acceptors (Lipinski definition) is 4. The molecule has 26 heavy (non-hydrogen) atoms. The first-order valence-corrected chi connectivity index (χ1v) is 9.19. The van der Waals surface area contributed by atoms with E-state index in [1.54, 1.807) is 6.07 Å². The molecule has 0 atom stereocenters. The van der Waals surface area contributed by atoms with Crippen LogP contribution in [-0.4, -0.2) is 33.4 Å². The van der Waals surface area contributed by atoms with Crippen molar-refractivity contribution in [1.29, 1.82) is 0 Å². The fourth-order valence-electron chi connectivity index (χ4n) is 2.95. The molecule has 0 radical (unpaired) electrons. The Morgan fingerprint density at radius 1 is 1.27 bits per heavy atom. The monoisotopic (exact) mass is 350 g/mol. The molecule has 1 heterocycles. The van der Waals surface area contributed by atoms with Gasteiger partial charge >= 0.3 is 0 Å². The Morgan fingerprint density at radius 3 is 2.65 bits per heavy atom. The minimum Gasteiger partial charge on any atom is -0.368 e. The Hall–Kier alpha value is -2.69. The molecule has 2 N–H and O–H groups in total. The molecule has 3 rings (SSSR count). The second-order valence-corrected chi connectivity index (χ2v) is 7.20. The number of carbonyl (C=O) groups is 1. The highest BCUT2D eigenvalue weighted by Crippen LogP contribution is 2.28. The van der Waals surface area contributed by atoms with Gasteiger partial charge in [0.15, 0.2) is 0 Å². The van der Waals surface area contributed by atoms with Crippen LogP contribution in [0.3, 0.4) is 0 Å². The highest BCUT2D eigenvalue weighted by Gasteiger charge is 2.33. The molecule has 1 aromatic carbocycles. The van der Waals surface area contributed by atoms with E-state index in [1.807, 2.05) is 47.4 Å². The van der Waals surface area contributed by atoms with E-state index in [0.717, 1.165) is 30.5 Å². The average molecular weight is 350 g/mol. The highest BCUT2D eigenvalue weighted by atomic mass is 16.2. The molecule has 1 aliphatic rings. The Morgan fingerprint density at radius 2 is 2.00 bits per heavy atom. The van der Waals surface area contributed by atoms with E-state index in [9.17, 15) is 4.79 Å². The molecule has 0 aliphatic heterocycles. The number of benzene rings is 1. The van der Waals surface area contributed by atoms with Crippen molar-refractivity contribution in [2.45, 2.75) is 39.2 Å². The molecule has 1 aromatic heterocycles. The smallest absolute Gasteiger partial charge is 0.273 e. The Balaban J connectivity index is 1.75. The van der Waals surface area contributed by atoms with Crippen LogP contribution in [0.15, 0.2) is 42.5 Å². The van der Waals surface area contributed by atoms with Crippen LogP contribution in [0.25, 0.3) is 6.08 Å². The van der Waals surface area contributed by atoms with E-state index in [4.69, 9.17) is 5.73 Å². The Labute approximate surface area is 155 Å². The Bertz CT molecular complexity index is 782. The van der Waals surface area contributed by atoms with Crippen molar-refractivity contribution < 1.29 is 4.79 Å². The number of hydrogen-bond donors (Lipinski definition) is 1. The lowest BCUT2D eigenvalue weighted by Crippen LogP contribution is -2.34. The Kier molecular flexibility index (Phi) is 5.66. The molecule has 136 valence electrons. The summed E-state index contributed by atoms with van der Waals surface area (Å²) < 4.78 is 0. The van der Waals surface area contributed by atoms with Gasteiger partial charge in [-0.2, -0.15) is 0 Å². The molecular formula is C21H26N4O. The number of rotatable bonds is 7. The van der Waals surface area contributed by atoms with E-state index in [2.05, 4.69) is 23.8 Å². The first-order chi connectivity index (χ1) is 12.5. The molecule has 1 saturated carbocycles. The third-order valence-corrected chi connectivity index (χ3v) is 4.29. The average Bonchev–Trinajstić information content (AvgIpc) is 3.43. The van der Waals surface area contributed by atoms with E-state index >= 15 is 0 Å². The van der Waals surface area contributed by atoms with Gasteiger partial charge in [0, 0.05) is 18.3 Å². The fourth-order valence-corrected chi connectivity index (χ4v) is 2.95. The highest BCUT2D eigenvalue weighted by molar-refractivity contribution is 5.93. The fraction of sp³-hybridized carbons (Fsp3) is 0.381. The van der Waals surface area contributed by atoms with Gasteiger partial charge in [0.25, 0.3) is 5.91 Å². The van der Waals surface area contributed by atoms with Gasteiger partial charge in [-0.15, -0.1) is 0 Å². The van der Waals surface area contributed by atoms with Crippen LogP contribution in [0.1, 0.15) is 48.4 Å². The van der Waals surface area contributed by atoms with Gasteiger partial charge in [0.1, 0.15) is 5.69 Å². The van der Waals surface area contributed by atoms with Gasteiger partial charge in [0.05, 0.1) is 0 Å². The zero-order valence-electron chi connectivity index (χ0n) is 15.4. The molecular weight excluding hydrogens is 324 g/mol. The molecule has 1 aliphatic carbocycles. The van der Waals surface area contributed by atoms with Gasteiger partial charge in [-0.05, 0) is 36.8 Å². The number of nitrogen functional groups attached to an aromatic ring is 1. The number of nitrogens with two attached hydrogens (primary N) is 1. The minimum atomic E-state index is -0.0654. The summed E-state index contributed by atoms with van der Waals surface area (Å²) in [5.41, 5.74) is 8.18. The second-order valence-electron chi connectivity index (χ2n) is 7.20. The van der Waals surface area contributed by atoms with Crippen LogP contribution in [0.5, 0.6) is 0 Å². The zero-order valence-corrected chi connectivity index (χ0v) is 15.4. The summed E-state index contributed by atoms with van der Waals surface area (Å²) in [7, 11) is 0. The van der Waals surface area contributed by atoms with Gasteiger partial charge in [0.2, 0.25) is 5.95 Å². The molecule has 0 bridgehead atoms. The summed E-state index contributed by atoms with van der Waals surface area (Å²) in [5.74, 6) is 0.548. The second kappa shape index (κ2) is 8.13. The lowest BCUT2D eigenvalue weighted by Gasteiger charge is -2.20. The lowest BCUT2D eigenvalue weighted by molar-refractivity contribution is 0.0756. The number of amides is 1. The summed E-state index contributed by atoms with van der Waals surface area (Å²) in [6.07, 6.45) is 6.95. The first-order valence-electron chi connectivity index (χ1n) is 9.19. The van der Waals surface area contributed by atoms with Gasteiger partial charge in [-0.25, -0.2) is 9.97 Å². The molecule has 0 saturated heterocycles. The van der Waals surface area contributed by atoms with Crippen molar-refractivity contribution in [3.05, 3.63) is 59.4 Å². The molecule has 5 nitrogen and oxygen atoms in total. The predicted molar refractivity (Wildman–Crippen MR) is 105 cm³/mol. The van der Waals surface area contributed by atoms with Crippen molar-refractivity contribution >= 4 is 17.9 Å². The van der Waals surface area contributed by atoms with Crippen molar-refractivity contribution in [1.82, 2.24) is 14.9 Å². The third kappa shape index (κ3) is 4.91. The molecule has 2 aromatic rings. The summed E-state index contributed by atoms with van der Waals surface area (Å²) in [6, 6.07) is 12.2. The SMILES string of the molecule is CC(C)Cc1cc(C(=O)N(C/C=C/c2ccccc2)C2CC2)nc(N)n1. The lowest BCUT2D eigenvalue weighted by atomic mass is 10.1. The maximum absolute atomic E-state index is 13.0. The number of nitrogens with zero attached hydrogens (tertiary/aromatic N) is 3. The predicted octanol–water partition coefficient (Wildman–Crippen LogP) is 3.58. The molecule has 0 unspecified atom stereocenters. The number of aromatic nitrogens is 2. The largest absolute Gasteiger partial charge is 0.368 e. The van der Waals surface area contributed by atoms with Gasteiger partial charge in [-0.3, -0.25) is 4.79 Å². The molecule has 0 spiro atoms. The first kappa shape index (κ1) is 18.1. The van der Waals surface area contributed by atoms with E-state index in [1.165, 1.54) is 0 Å². The zero-order chi connectivity index (χ0) is 18.5. The van der Waals surface area contributed by atoms with E-state index < -0.39 is 0 Å². The van der Waals surface area contributed by atoms with Crippen molar-refractivity contribution in [2.75, 3.05) is 12.3 Å². The summed E-state index contributed by atoms with van der Waals surface area (Å²) in [4.78, 5) is 23.3. The summed E-state index contributed by atoms with van der Waals surface area (Å²) >= 11 is 0. The number of anilines is 1. The minimum absolute atomic E-state index is 0.0654. The maximum atomic E-state index is 13.0. The van der Waals surface area contributed by atoms with E-state index in [-0.39, 0.29) is 11.9 Å². The maximum Gasteiger partial charge on any atom is 0.273 e. The van der Waals surface area contributed by atoms with Crippen molar-refractivity contribution in [3.63, 3.8) is 0 Å². The standard InChI is InChI=1S/C21H26N4O/c1-15(2)13-17-14-19(24-21(22)23-17)20(26)25(18-10-11-18)12-6-9-16-7-4-3-5-8-16/h3-9,14-15,18H,10-13H2,1-2H3,(H2,22,23,24)/b9-6+. The van der Waals surface area contributed by atoms with Crippen LogP contribution in [0, 0.1) is 5.92 Å². The topological polar surface area (TPSA) is 72.1 Å². The molecule has 1 fully saturated rings. The summed E-state index contributed by atoms with van der Waals surface area (Å²) in [5, 5.41) is 0. The number of carbonyl (C=O) groups excluding carboxylic acids is 1. The van der Waals surface area contributed by atoms with Crippen molar-refractivity contribution in [3.8, 4) is 0 Å². The van der Waals surface area contributed by atoms with Crippen molar-refractivity contribution in [2.24, 2.45) is 5.92 Å². The van der Waals surface area contributed by atoms with Crippen LogP contribution in [0.4, 0.5) is 5.95 Å². The normalized spacial score (nSPS) is 14.1. The summed E-state index contributed by atoms with van der Waals surface area (Å²) in [6.45, 7) is 4.80. The quantitative estimate of drug-likeness (QED) is 0.828. The molecule has 5 heteroatoms. The van der Waals surface area contributed by atoms with Gasteiger partial charge in [-0.1, -0.05) is 56.3 Å². The van der Waals surface area contributed by atoms with Gasteiger partial charge < -0.3 is 10.6 Å². The molecule has 1 amide bonds. The van der Waals surface area contributed by atoms with Crippen LogP contribution >= 0.6 is 0 Å². The van der Waals surface area contributed by atoms with Crippen LogP contribution in [0.2, 0.25) is 0 Å².